The molecule has 0 saturated carbocycles. The van der Waals surface area contributed by atoms with Gasteiger partial charge in [0.25, 0.3) is 0 Å². The molecule has 84 valence electrons. The second-order valence-corrected chi connectivity index (χ2v) is 5.25. The van der Waals surface area contributed by atoms with Gasteiger partial charge in [-0.3, -0.25) is 0 Å². The monoisotopic (exact) mass is 233 g/mol. The summed E-state index contributed by atoms with van der Waals surface area (Å²) < 4.78 is 35.6. The Morgan fingerprint density at radius 1 is 1.40 bits per heavy atom. The Bertz CT molecular complexity index is 477. The van der Waals surface area contributed by atoms with Crippen LogP contribution in [0.1, 0.15) is 19.4 Å². The Kier molecular flexibility index (Phi) is 2.86. The van der Waals surface area contributed by atoms with E-state index in [9.17, 15) is 17.9 Å². The topological polar surface area (TPSA) is 80.4 Å². The first kappa shape index (κ1) is 12.1. The first-order chi connectivity index (χ1) is 6.64. The molecule has 4 nitrogen and oxygen atoms in total. The lowest BCUT2D eigenvalue weighted by molar-refractivity contribution is 0.0740. The lowest BCUT2D eigenvalue weighted by atomic mass is 9.98. The molecule has 15 heavy (non-hydrogen) atoms. The summed E-state index contributed by atoms with van der Waals surface area (Å²) in [7, 11) is -4.10. The molecule has 1 rings (SSSR count). The lowest BCUT2D eigenvalue weighted by Crippen LogP contribution is -2.21. The molecule has 0 unspecified atom stereocenters. The summed E-state index contributed by atoms with van der Waals surface area (Å²) >= 11 is 0. The smallest absolute Gasteiger partial charge is 0.240 e. The van der Waals surface area contributed by atoms with Crippen LogP contribution in [0.2, 0.25) is 0 Å². The molecule has 0 bridgehead atoms. The summed E-state index contributed by atoms with van der Waals surface area (Å²) in [6, 6.07) is 3.69. The third-order valence-corrected chi connectivity index (χ3v) is 2.86. The van der Waals surface area contributed by atoms with Crippen molar-refractivity contribution in [3.8, 4) is 0 Å². The Hall–Kier alpha value is -0.980. The predicted molar refractivity (Wildman–Crippen MR) is 53.0 cm³/mol. The summed E-state index contributed by atoms with van der Waals surface area (Å²) in [5.41, 5.74) is -1.56. The van der Waals surface area contributed by atoms with E-state index in [1.54, 1.807) is 0 Å². The molecule has 0 heterocycles. The maximum Gasteiger partial charge on any atom is 0.240 e. The maximum atomic E-state index is 13.6. The molecule has 3 N–H and O–H groups in total. The molecule has 0 amide bonds. The number of benzene rings is 1. The van der Waals surface area contributed by atoms with Gasteiger partial charge in [0, 0.05) is 5.56 Å². The van der Waals surface area contributed by atoms with Crippen LogP contribution in [0.3, 0.4) is 0 Å². The Balaban J connectivity index is 3.51. The van der Waals surface area contributed by atoms with Gasteiger partial charge in [0.1, 0.15) is 10.7 Å². The minimum atomic E-state index is -4.10. The van der Waals surface area contributed by atoms with Gasteiger partial charge in [-0.15, -0.1) is 0 Å². The van der Waals surface area contributed by atoms with Crippen LogP contribution in [-0.2, 0) is 15.6 Å². The van der Waals surface area contributed by atoms with Gasteiger partial charge in [0.05, 0.1) is 5.60 Å². The summed E-state index contributed by atoms with van der Waals surface area (Å²) in [5, 5.41) is 14.4. The van der Waals surface area contributed by atoms with Crippen molar-refractivity contribution < 1.29 is 17.9 Å². The van der Waals surface area contributed by atoms with Gasteiger partial charge in [-0.1, -0.05) is 12.1 Å². The molecule has 0 spiro atoms. The molecule has 1 aromatic rings. The average molecular weight is 233 g/mol. The molecule has 0 atom stereocenters. The molecule has 1 aromatic carbocycles. The number of rotatable bonds is 2. The van der Waals surface area contributed by atoms with Gasteiger partial charge in [-0.2, -0.15) is 0 Å². The average Bonchev–Trinajstić information content (AvgIpc) is 1.99. The number of primary sulfonamides is 1. The Labute approximate surface area is 87.6 Å². The third-order valence-electron chi connectivity index (χ3n) is 1.93. The molecule has 0 aromatic heterocycles. The SMILES string of the molecule is CC(C)(O)c1cccc(S(N)(=O)=O)c1F. The Morgan fingerprint density at radius 3 is 2.33 bits per heavy atom. The first-order valence-corrected chi connectivity index (χ1v) is 5.73. The van der Waals surface area contributed by atoms with Crippen molar-refractivity contribution in [2.24, 2.45) is 5.14 Å². The standard InChI is InChI=1S/C9H12FNO3S/c1-9(2,12)6-4-3-5-7(8(6)10)15(11,13)14/h3-5,12H,1-2H3,(H2,11,13,14). The Morgan fingerprint density at radius 2 is 1.93 bits per heavy atom. The quantitative estimate of drug-likeness (QED) is 0.789. The second kappa shape index (κ2) is 3.55. The molecular formula is C9H12FNO3S. The van der Waals surface area contributed by atoms with Gasteiger partial charge < -0.3 is 5.11 Å². The van der Waals surface area contributed by atoms with Crippen LogP contribution in [0.4, 0.5) is 4.39 Å². The molecule has 0 aliphatic carbocycles. The minimum Gasteiger partial charge on any atom is -0.386 e. The minimum absolute atomic E-state index is 0.103. The van der Waals surface area contributed by atoms with Crippen LogP contribution < -0.4 is 5.14 Å². The van der Waals surface area contributed by atoms with Crippen molar-refractivity contribution in [1.29, 1.82) is 0 Å². The summed E-state index contributed by atoms with van der Waals surface area (Å²) in [6.07, 6.45) is 0. The van der Waals surface area contributed by atoms with Crippen molar-refractivity contribution in [3.05, 3.63) is 29.6 Å². The maximum absolute atomic E-state index is 13.6. The van der Waals surface area contributed by atoms with Gasteiger partial charge in [0.15, 0.2) is 0 Å². The highest BCUT2D eigenvalue weighted by Gasteiger charge is 2.25. The molecule has 0 saturated heterocycles. The van der Waals surface area contributed by atoms with E-state index >= 15 is 0 Å². The van der Waals surface area contributed by atoms with Crippen molar-refractivity contribution in [3.63, 3.8) is 0 Å². The van der Waals surface area contributed by atoms with Crippen molar-refractivity contribution >= 4 is 10.0 Å². The zero-order valence-corrected chi connectivity index (χ0v) is 9.18. The number of hydrogen-bond donors (Lipinski definition) is 2. The van der Waals surface area contributed by atoms with E-state index in [1.807, 2.05) is 0 Å². The third kappa shape index (κ3) is 2.53. The van der Waals surface area contributed by atoms with Gasteiger partial charge in [-0.25, -0.2) is 17.9 Å². The number of sulfonamides is 1. The number of halogens is 1. The summed E-state index contributed by atoms with van der Waals surface area (Å²) in [4.78, 5) is -0.609. The van der Waals surface area contributed by atoms with Crippen molar-refractivity contribution in [2.75, 3.05) is 0 Å². The number of hydrogen-bond acceptors (Lipinski definition) is 3. The van der Waals surface area contributed by atoms with E-state index in [2.05, 4.69) is 0 Å². The van der Waals surface area contributed by atoms with Crippen molar-refractivity contribution in [1.82, 2.24) is 0 Å². The van der Waals surface area contributed by atoms with Crippen LogP contribution in [0, 0.1) is 5.82 Å². The fraction of sp³-hybridized carbons (Fsp3) is 0.333. The van der Waals surface area contributed by atoms with E-state index in [1.165, 1.54) is 26.0 Å². The first-order valence-electron chi connectivity index (χ1n) is 4.18. The highest BCUT2D eigenvalue weighted by Crippen LogP contribution is 2.26. The van der Waals surface area contributed by atoms with Crippen LogP contribution in [0.15, 0.2) is 23.1 Å². The summed E-state index contributed by atoms with van der Waals surface area (Å²) in [6.45, 7) is 2.72. The van der Waals surface area contributed by atoms with E-state index < -0.39 is 26.3 Å². The van der Waals surface area contributed by atoms with Crippen LogP contribution >= 0.6 is 0 Å². The van der Waals surface area contributed by atoms with Gasteiger partial charge >= 0.3 is 0 Å². The molecule has 0 fully saturated rings. The van der Waals surface area contributed by atoms with Crippen LogP contribution in [0.25, 0.3) is 0 Å². The van der Waals surface area contributed by atoms with E-state index in [4.69, 9.17) is 5.14 Å². The summed E-state index contributed by atoms with van der Waals surface area (Å²) in [5.74, 6) is -1.01. The number of aliphatic hydroxyl groups is 1. The normalized spacial score (nSPS) is 12.9. The zero-order valence-electron chi connectivity index (χ0n) is 8.36. The van der Waals surface area contributed by atoms with Gasteiger partial charge in [0.2, 0.25) is 10.0 Å². The van der Waals surface area contributed by atoms with Crippen LogP contribution in [0.5, 0.6) is 0 Å². The largest absolute Gasteiger partial charge is 0.386 e. The highest BCUT2D eigenvalue weighted by molar-refractivity contribution is 7.89. The zero-order chi connectivity index (χ0) is 11.9. The molecule has 0 radical (unpaired) electrons. The van der Waals surface area contributed by atoms with Crippen LogP contribution in [-0.4, -0.2) is 13.5 Å². The molecule has 6 heteroatoms. The molecular weight excluding hydrogens is 221 g/mol. The fourth-order valence-electron chi connectivity index (χ4n) is 1.20. The highest BCUT2D eigenvalue weighted by atomic mass is 32.2. The number of nitrogens with two attached hydrogens (primary N) is 1. The van der Waals surface area contributed by atoms with Crippen molar-refractivity contribution in [2.45, 2.75) is 24.3 Å². The fourth-order valence-corrected chi connectivity index (χ4v) is 1.83. The second-order valence-electron chi connectivity index (χ2n) is 3.72. The predicted octanol–water partition coefficient (Wildman–Crippen LogP) is 0.701. The molecule has 0 aliphatic rings. The molecule has 0 aliphatic heterocycles. The van der Waals surface area contributed by atoms with Gasteiger partial charge in [-0.05, 0) is 19.9 Å². The lowest BCUT2D eigenvalue weighted by Gasteiger charge is -2.19. The van der Waals surface area contributed by atoms with E-state index in [0.717, 1.165) is 6.07 Å². The van der Waals surface area contributed by atoms with E-state index in [-0.39, 0.29) is 5.56 Å². The van der Waals surface area contributed by atoms with E-state index in [0.29, 0.717) is 0 Å².